The van der Waals surface area contributed by atoms with Crippen LogP contribution in [0.4, 0.5) is 10.1 Å². The zero-order valence-corrected chi connectivity index (χ0v) is 18.5. The molecule has 31 heavy (non-hydrogen) atoms. The lowest BCUT2D eigenvalue weighted by Gasteiger charge is -2.35. The number of anilines is 1. The molecule has 2 heterocycles. The summed E-state index contributed by atoms with van der Waals surface area (Å²) in [6.07, 6.45) is 3.07. The summed E-state index contributed by atoms with van der Waals surface area (Å²) in [5.74, 6) is -0.399. The van der Waals surface area contributed by atoms with Crippen molar-refractivity contribution >= 4 is 21.6 Å². The van der Waals surface area contributed by atoms with Gasteiger partial charge in [0, 0.05) is 50.0 Å². The summed E-state index contributed by atoms with van der Waals surface area (Å²) in [4.78, 5) is 17.0. The highest BCUT2D eigenvalue weighted by molar-refractivity contribution is 7.89. The van der Waals surface area contributed by atoms with Gasteiger partial charge in [0.05, 0.1) is 4.90 Å². The minimum atomic E-state index is -3.70. The number of piperazine rings is 1. The Kier molecular flexibility index (Phi) is 6.29. The number of carbonyl (C=O) groups is 1. The summed E-state index contributed by atoms with van der Waals surface area (Å²) >= 11 is 0. The van der Waals surface area contributed by atoms with E-state index in [1.54, 1.807) is 30.3 Å². The number of piperidine rings is 1. The molecule has 6 nitrogen and oxygen atoms in total. The van der Waals surface area contributed by atoms with Crippen LogP contribution in [0.25, 0.3) is 0 Å². The Labute approximate surface area is 183 Å². The standard InChI is InChI=1S/C23H28FN3O3S/c1-18-5-2-3-12-27(18)23(28)19-6-4-7-22(17-19)31(29,30)26-15-13-25(14-16-26)21-10-8-20(24)9-11-21/h4,6-11,17-18H,2-3,5,12-16H2,1H3/t18-/m0/s1. The van der Waals surface area contributed by atoms with Crippen LogP contribution in [0.2, 0.25) is 0 Å². The van der Waals surface area contributed by atoms with Crippen LogP contribution in [0, 0.1) is 5.82 Å². The van der Waals surface area contributed by atoms with Gasteiger partial charge in [0.1, 0.15) is 5.82 Å². The zero-order valence-electron chi connectivity index (χ0n) is 17.7. The van der Waals surface area contributed by atoms with Gasteiger partial charge in [-0.05, 0) is 68.7 Å². The molecule has 166 valence electrons. The third kappa shape index (κ3) is 4.60. The number of sulfonamides is 1. The van der Waals surface area contributed by atoms with Gasteiger partial charge in [0.2, 0.25) is 10.0 Å². The molecule has 0 aromatic heterocycles. The van der Waals surface area contributed by atoms with E-state index in [1.165, 1.54) is 22.5 Å². The number of halogens is 1. The number of amides is 1. The summed E-state index contributed by atoms with van der Waals surface area (Å²) in [5, 5.41) is 0. The van der Waals surface area contributed by atoms with Gasteiger partial charge in [-0.2, -0.15) is 4.31 Å². The highest BCUT2D eigenvalue weighted by atomic mass is 32.2. The van der Waals surface area contributed by atoms with E-state index in [1.807, 2.05) is 16.7 Å². The van der Waals surface area contributed by atoms with Crippen molar-refractivity contribution in [3.05, 3.63) is 59.9 Å². The molecule has 0 radical (unpaired) electrons. The topological polar surface area (TPSA) is 60.9 Å². The van der Waals surface area contributed by atoms with Crippen LogP contribution in [0.5, 0.6) is 0 Å². The van der Waals surface area contributed by atoms with Gasteiger partial charge in [0.15, 0.2) is 0 Å². The molecule has 2 aromatic rings. The van der Waals surface area contributed by atoms with E-state index in [0.717, 1.165) is 24.9 Å². The predicted molar refractivity (Wildman–Crippen MR) is 118 cm³/mol. The lowest BCUT2D eigenvalue weighted by atomic mass is 10.0. The molecule has 2 saturated heterocycles. The maximum Gasteiger partial charge on any atom is 0.254 e. The molecule has 1 amide bonds. The largest absolute Gasteiger partial charge is 0.369 e. The summed E-state index contributed by atoms with van der Waals surface area (Å²) in [6.45, 7) is 4.46. The smallest absolute Gasteiger partial charge is 0.254 e. The molecule has 1 atom stereocenters. The molecule has 8 heteroatoms. The van der Waals surface area contributed by atoms with Gasteiger partial charge in [0.25, 0.3) is 5.91 Å². The normalized spacial score (nSPS) is 20.6. The third-order valence-electron chi connectivity index (χ3n) is 6.21. The number of carbonyl (C=O) groups excluding carboxylic acids is 1. The quantitative estimate of drug-likeness (QED) is 0.724. The molecule has 4 rings (SSSR count). The fourth-order valence-corrected chi connectivity index (χ4v) is 5.81. The average Bonchev–Trinajstić information content (AvgIpc) is 2.80. The molecular formula is C23H28FN3O3S. The minimum Gasteiger partial charge on any atom is -0.369 e. The van der Waals surface area contributed by atoms with Crippen molar-refractivity contribution in [2.45, 2.75) is 37.1 Å². The summed E-state index contributed by atoms with van der Waals surface area (Å²) in [6, 6.07) is 12.8. The van der Waals surface area contributed by atoms with Crippen molar-refractivity contribution in [3.63, 3.8) is 0 Å². The number of rotatable bonds is 4. The first-order chi connectivity index (χ1) is 14.9. The van der Waals surface area contributed by atoms with Crippen molar-refractivity contribution in [2.75, 3.05) is 37.6 Å². The van der Waals surface area contributed by atoms with Gasteiger partial charge in [-0.1, -0.05) is 6.07 Å². The fraction of sp³-hybridized carbons (Fsp3) is 0.435. The molecule has 0 saturated carbocycles. The minimum absolute atomic E-state index is 0.106. The summed E-state index contributed by atoms with van der Waals surface area (Å²) < 4.78 is 41.1. The fourth-order valence-electron chi connectivity index (χ4n) is 4.34. The molecule has 2 fully saturated rings. The Morgan fingerprint density at radius 1 is 0.968 bits per heavy atom. The van der Waals surface area contributed by atoms with Crippen molar-refractivity contribution < 1.29 is 17.6 Å². The van der Waals surface area contributed by atoms with Crippen LogP contribution in [0.15, 0.2) is 53.4 Å². The molecule has 2 aliphatic rings. The first-order valence-electron chi connectivity index (χ1n) is 10.8. The Morgan fingerprint density at radius 2 is 1.68 bits per heavy atom. The van der Waals surface area contributed by atoms with Crippen molar-refractivity contribution in [1.82, 2.24) is 9.21 Å². The average molecular weight is 446 g/mol. The Hall–Kier alpha value is -2.45. The number of hydrogen-bond acceptors (Lipinski definition) is 4. The maximum atomic E-state index is 13.2. The molecule has 0 bridgehead atoms. The predicted octanol–water partition coefficient (Wildman–Crippen LogP) is 3.35. The second-order valence-electron chi connectivity index (χ2n) is 8.24. The highest BCUT2D eigenvalue weighted by Gasteiger charge is 2.30. The molecule has 0 N–H and O–H groups in total. The number of likely N-dealkylation sites (tertiary alicyclic amines) is 1. The van der Waals surface area contributed by atoms with Gasteiger partial charge in [-0.3, -0.25) is 4.79 Å². The maximum absolute atomic E-state index is 13.2. The first-order valence-corrected chi connectivity index (χ1v) is 12.2. The SMILES string of the molecule is C[C@H]1CCCCN1C(=O)c1cccc(S(=O)(=O)N2CCN(c3ccc(F)cc3)CC2)c1. The Morgan fingerprint density at radius 3 is 2.35 bits per heavy atom. The monoisotopic (exact) mass is 445 g/mol. The van der Waals surface area contributed by atoms with E-state index in [0.29, 0.717) is 38.3 Å². The van der Waals surface area contributed by atoms with Crippen molar-refractivity contribution in [3.8, 4) is 0 Å². The zero-order chi connectivity index (χ0) is 22.0. The number of hydrogen-bond donors (Lipinski definition) is 0. The van der Waals surface area contributed by atoms with Gasteiger partial charge in [-0.15, -0.1) is 0 Å². The molecule has 0 aliphatic carbocycles. The van der Waals surface area contributed by atoms with Crippen molar-refractivity contribution in [2.24, 2.45) is 0 Å². The van der Waals surface area contributed by atoms with Gasteiger partial charge >= 0.3 is 0 Å². The Bertz CT molecular complexity index is 1030. The second-order valence-corrected chi connectivity index (χ2v) is 10.2. The lowest BCUT2D eigenvalue weighted by molar-refractivity contribution is 0.0635. The molecule has 2 aliphatic heterocycles. The van der Waals surface area contributed by atoms with Crippen LogP contribution in [0.3, 0.4) is 0 Å². The molecular weight excluding hydrogens is 417 g/mol. The van der Waals surface area contributed by atoms with Crippen LogP contribution in [-0.4, -0.2) is 62.3 Å². The van der Waals surface area contributed by atoms with Crippen LogP contribution in [-0.2, 0) is 10.0 Å². The van der Waals surface area contributed by atoms with Crippen LogP contribution >= 0.6 is 0 Å². The first kappa shape index (κ1) is 21.8. The highest BCUT2D eigenvalue weighted by Crippen LogP contribution is 2.24. The lowest BCUT2D eigenvalue weighted by Crippen LogP contribution is -2.48. The van der Waals surface area contributed by atoms with E-state index in [2.05, 4.69) is 0 Å². The van der Waals surface area contributed by atoms with E-state index in [4.69, 9.17) is 0 Å². The number of nitrogens with zero attached hydrogens (tertiary/aromatic N) is 3. The number of benzene rings is 2. The van der Waals surface area contributed by atoms with Crippen LogP contribution < -0.4 is 4.90 Å². The van der Waals surface area contributed by atoms with Crippen LogP contribution in [0.1, 0.15) is 36.5 Å². The van der Waals surface area contributed by atoms with E-state index in [9.17, 15) is 17.6 Å². The van der Waals surface area contributed by atoms with Gasteiger partial charge < -0.3 is 9.80 Å². The summed E-state index contributed by atoms with van der Waals surface area (Å²) in [7, 11) is -3.70. The van der Waals surface area contributed by atoms with E-state index < -0.39 is 10.0 Å². The van der Waals surface area contributed by atoms with E-state index in [-0.39, 0.29) is 22.7 Å². The second kappa shape index (κ2) is 8.96. The third-order valence-corrected chi connectivity index (χ3v) is 8.11. The Balaban J connectivity index is 1.47. The van der Waals surface area contributed by atoms with E-state index >= 15 is 0 Å². The van der Waals surface area contributed by atoms with Gasteiger partial charge in [-0.25, -0.2) is 12.8 Å². The van der Waals surface area contributed by atoms with Crippen molar-refractivity contribution in [1.29, 1.82) is 0 Å². The molecule has 0 unspecified atom stereocenters. The molecule has 0 spiro atoms. The molecule has 2 aromatic carbocycles. The summed E-state index contributed by atoms with van der Waals surface area (Å²) in [5.41, 5.74) is 1.29.